The molecule has 2 fully saturated rings. The van der Waals surface area contributed by atoms with Crippen LogP contribution in [0, 0.1) is 6.29 Å². The van der Waals surface area contributed by atoms with Crippen molar-refractivity contribution in [2.75, 3.05) is 6.61 Å². The maximum Gasteiger partial charge on any atom is 0.103 e. The van der Waals surface area contributed by atoms with E-state index in [4.69, 9.17) is 14.2 Å². The molecule has 2 aliphatic heterocycles. The Hall–Kier alpha value is 0.944. The Bertz CT molecular complexity index is 160. The number of hydrogen-bond donors (Lipinski definition) is 1. The summed E-state index contributed by atoms with van der Waals surface area (Å²) in [5.74, 6) is 0. The van der Waals surface area contributed by atoms with Crippen LogP contribution in [0.2, 0.25) is 0 Å². The predicted molar refractivity (Wildman–Crippen MR) is 40.1 cm³/mol. The minimum atomic E-state index is -0.566. The summed E-state index contributed by atoms with van der Waals surface area (Å²) in [5, 5.41) is 9.47. The Labute approximate surface area is 103 Å². The zero-order valence-corrected chi connectivity index (χ0v) is 10.6. The predicted octanol–water partition coefficient (Wildman–Crippen LogP) is 0.0569. The zero-order chi connectivity index (χ0) is 8.72. The van der Waals surface area contributed by atoms with Crippen LogP contribution in [0.25, 0.3) is 0 Å². The molecule has 0 aliphatic carbocycles. The van der Waals surface area contributed by atoms with Crippen LogP contribution in [0.1, 0.15) is 13.8 Å². The average Bonchev–Trinajstić information content (AvgIpc) is 2.41. The van der Waals surface area contributed by atoms with Crippen LogP contribution in [-0.4, -0.2) is 36.1 Å². The van der Waals surface area contributed by atoms with Crippen LogP contribution in [0.5, 0.6) is 0 Å². The molecular weight excluding hydrogens is 249 g/mol. The number of aliphatic hydroxyl groups excluding tert-OH is 1. The molecule has 4 unspecified atom stereocenters. The first-order valence-electron chi connectivity index (χ1n) is 4.15. The molecule has 0 aromatic carbocycles. The molecule has 73 valence electrons. The van der Waals surface area contributed by atoms with Gasteiger partial charge in [-0.15, -0.1) is 6.92 Å². The topological polar surface area (TPSA) is 47.9 Å². The quantitative estimate of drug-likeness (QED) is 0.627. The third kappa shape index (κ3) is 2.30. The third-order valence-electron chi connectivity index (χ3n) is 2.30. The van der Waals surface area contributed by atoms with Gasteiger partial charge in [-0.05, 0) is 6.92 Å². The number of ether oxygens (including phenoxy) is 3. The largest absolute Gasteiger partial charge is 0.516 e. The molecule has 2 saturated heterocycles. The molecule has 0 bridgehead atoms. The van der Waals surface area contributed by atoms with Crippen molar-refractivity contribution < 1.29 is 52.0 Å². The molecule has 4 nitrogen and oxygen atoms in total. The Balaban J connectivity index is 0.000000845. The van der Waals surface area contributed by atoms with Crippen molar-refractivity contribution in [1.82, 2.24) is 0 Å². The molecule has 1 N–H and O–H groups in total. The van der Waals surface area contributed by atoms with E-state index in [0.29, 0.717) is 12.9 Å². The number of aliphatic hydroxyl groups is 1. The summed E-state index contributed by atoms with van der Waals surface area (Å²) in [6, 6.07) is 0. The van der Waals surface area contributed by atoms with Gasteiger partial charge in [-0.3, -0.25) is 0 Å². The number of hydrogen-bond acceptors (Lipinski definition) is 4. The Morgan fingerprint density at radius 2 is 1.92 bits per heavy atom. The van der Waals surface area contributed by atoms with E-state index in [0.717, 1.165) is 0 Å². The molecule has 4 atom stereocenters. The summed E-state index contributed by atoms with van der Waals surface area (Å²) < 4.78 is 16.0. The van der Waals surface area contributed by atoms with Gasteiger partial charge in [-0.1, -0.05) is 6.29 Å². The van der Waals surface area contributed by atoms with E-state index < -0.39 is 6.10 Å². The van der Waals surface area contributed by atoms with Gasteiger partial charge in [0.1, 0.15) is 6.10 Å². The van der Waals surface area contributed by atoms with E-state index in [9.17, 15) is 5.11 Å². The standard InChI is InChI=1S/C8H13O4.Y/c1-4-7-8(6(9)3-10-4)12-5(2)11-7;/h4,6-9H,3H2,1-2H3;/q-1;. The molecule has 0 saturated carbocycles. The Morgan fingerprint density at radius 3 is 2.54 bits per heavy atom. The van der Waals surface area contributed by atoms with Crippen LogP contribution in [0.4, 0.5) is 0 Å². The van der Waals surface area contributed by atoms with Crippen molar-refractivity contribution in [1.29, 1.82) is 0 Å². The van der Waals surface area contributed by atoms with Crippen LogP contribution in [0.15, 0.2) is 0 Å². The second kappa shape index (κ2) is 4.64. The van der Waals surface area contributed by atoms with Gasteiger partial charge in [0.2, 0.25) is 0 Å². The third-order valence-corrected chi connectivity index (χ3v) is 2.30. The normalized spacial score (nSPS) is 45.5. The van der Waals surface area contributed by atoms with Crippen LogP contribution in [-0.2, 0) is 46.9 Å². The molecule has 1 radical (unpaired) electrons. The first-order valence-corrected chi connectivity index (χ1v) is 4.15. The molecule has 0 spiro atoms. The summed E-state index contributed by atoms with van der Waals surface area (Å²) in [7, 11) is 0. The van der Waals surface area contributed by atoms with E-state index in [2.05, 4.69) is 0 Å². The van der Waals surface area contributed by atoms with Gasteiger partial charge in [-0.2, -0.15) is 0 Å². The molecule has 5 heteroatoms. The van der Waals surface area contributed by atoms with E-state index >= 15 is 0 Å². The van der Waals surface area contributed by atoms with Gasteiger partial charge in [0.05, 0.1) is 24.9 Å². The van der Waals surface area contributed by atoms with Crippen molar-refractivity contribution in [3.05, 3.63) is 6.29 Å². The van der Waals surface area contributed by atoms with Crippen molar-refractivity contribution in [3.8, 4) is 0 Å². The second-order valence-corrected chi connectivity index (χ2v) is 3.26. The molecular formula is C8H13O4Y-. The van der Waals surface area contributed by atoms with Gasteiger partial charge in [0.25, 0.3) is 0 Å². The monoisotopic (exact) mass is 262 g/mol. The second-order valence-electron chi connectivity index (χ2n) is 3.26. The summed E-state index contributed by atoms with van der Waals surface area (Å²) in [6.07, 6.45) is -0.427. The summed E-state index contributed by atoms with van der Waals surface area (Å²) in [5.41, 5.74) is 0. The first-order chi connectivity index (χ1) is 5.68. The fraction of sp³-hybridized carbons (Fsp3) is 0.875. The number of fused-ring (bicyclic) bond motifs is 1. The van der Waals surface area contributed by atoms with E-state index in [1.54, 1.807) is 6.92 Å². The van der Waals surface area contributed by atoms with Crippen LogP contribution >= 0.6 is 0 Å². The maximum absolute atomic E-state index is 9.47. The van der Waals surface area contributed by atoms with E-state index in [1.807, 2.05) is 6.92 Å². The van der Waals surface area contributed by atoms with E-state index in [-0.39, 0.29) is 51.0 Å². The molecule has 0 aromatic heterocycles. The molecule has 2 heterocycles. The van der Waals surface area contributed by atoms with Gasteiger partial charge >= 0.3 is 0 Å². The smallest absolute Gasteiger partial charge is 0.103 e. The van der Waals surface area contributed by atoms with Crippen molar-refractivity contribution in [2.45, 2.75) is 38.3 Å². The molecule has 2 rings (SSSR count). The molecule has 0 aromatic rings. The minimum Gasteiger partial charge on any atom is -0.516 e. The Kier molecular flexibility index (Phi) is 4.29. The van der Waals surface area contributed by atoms with Gasteiger partial charge in [-0.25, -0.2) is 0 Å². The SMILES string of the molecule is C[C-]1OC2C(O)COC(C)C2O1.[Y]. The fourth-order valence-corrected chi connectivity index (χ4v) is 1.65. The van der Waals surface area contributed by atoms with Crippen LogP contribution in [0.3, 0.4) is 0 Å². The van der Waals surface area contributed by atoms with Crippen molar-refractivity contribution in [2.24, 2.45) is 0 Å². The van der Waals surface area contributed by atoms with Crippen molar-refractivity contribution in [3.63, 3.8) is 0 Å². The van der Waals surface area contributed by atoms with E-state index in [1.165, 1.54) is 0 Å². The average molecular weight is 262 g/mol. The maximum atomic E-state index is 9.47. The minimum absolute atomic E-state index is 0. The fourth-order valence-electron chi connectivity index (χ4n) is 1.65. The number of rotatable bonds is 0. The summed E-state index contributed by atoms with van der Waals surface area (Å²) >= 11 is 0. The summed E-state index contributed by atoms with van der Waals surface area (Å²) in [6.45, 7) is 4.00. The van der Waals surface area contributed by atoms with Crippen molar-refractivity contribution >= 4 is 0 Å². The first kappa shape index (κ1) is 12.0. The van der Waals surface area contributed by atoms with Crippen LogP contribution < -0.4 is 0 Å². The molecule has 0 amide bonds. The molecule has 2 aliphatic rings. The summed E-state index contributed by atoms with van der Waals surface area (Å²) in [4.78, 5) is 0. The zero-order valence-electron chi connectivity index (χ0n) is 7.77. The van der Waals surface area contributed by atoms with Gasteiger partial charge < -0.3 is 19.3 Å². The van der Waals surface area contributed by atoms with Gasteiger partial charge in [0, 0.05) is 32.7 Å². The Morgan fingerprint density at radius 1 is 1.31 bits per heavy atom. The van der Waals surface area contributed by atoms with Gasteiger partial charge in [0.15, 0.2) is 0 Å². The molecule has 13 heavy (non-hydrogen) atoms.